The van der Waals surface area contributed by atoms with E-state index in [-0.39, 0.29) is 11.1 Å². The zero-order chi connectivity index (χ0) is 10.3. The van der Waals surface area contributed by atoms with E-state index in [9.17, 15) is 4.79 Å². The average Bonchev–Trinajstić information content (AvgIpc) is 2.44. The molecule has 2 heterocycles. The fourth-order valence-electron chi connectivity index (χ4n) is 1.54. The number of pyridine rings is 1. The smallest absolute Gasteiger partial charge is 0.254 e. The van der Waals surface area contributed by atoms with E-state index in [1.165, 1.54) is 0 Å². The standard InChI is InChI=1S/C9H8Cl2N2O/c1-2-13-4-6-5(9(13)14)3-7(10)12-8(6)11/h3H,2,4H2,1H3. The molecule has 5 heteroatoms. The summed E-state index contributed by atoms with van der Waals surface area (Å²) in [6.45, 7) is 3.13. The van der Waals surface area contributed by atoms with Gasteiger partial charge in [-0.05, 0) is 13.0 Å². The van der Waals surface area contributed by atoms with Crippen LogP contribution in [0, 0.1) is 0 Å². The third-order valence-electron chi connectivity index (χ3n) is 2.29. The van der Waals surface area contributed by atoms with Crippen LogP contribution in [-0.4, -0.2) is 22.3 Å². The van der Waals surface area contributed by atoms with E-state index >= 15 is 0 Å². The van der Waals surface area contributed by atoms with Crippen molar-refractivity contribution in [3.63, 3.8) is 0 Å². The van der Waals surface area contributed by atoms with Crippen LogP contribution in [0.4, 0.5) is 0 Å². The Morgan fingerprint density at radius 1 is 1.57 bits per heavy atom. The third kappa shape index (κ3) is 1.37. The minimum Gasteiger partial charge on any atom is -0.334 e. The van der Waals surface area contributed by atoms with E-state index in [0.717, 1.165) is 5.56 Å². The van der Waals surface area contributed by atoms with Crippen LogP contribution in [0.25, 0.3) is 0 Å². The highest BCUT2D eigenvalue weighted by Gasteiger charge is 2.29. The fraction of sp³-hybridized carbons (Fsp3) is 0.333. The van der Waals surface area contributed by atoms with Gasteiger partial charge in [-0.2, -0.15) is 0 Å². The van der Waals surface area contributed by atoms with Crippen molar-refractivity contribution in [3.05, 3.63) is 27.5 Å². The van der Waals surface area contributed by atoms with Crippen molar-refractivity contribution in [3.8, 4) is 0 Å². The molecule has 14 heavy (non-hydrogen) atoms. The van der Waals surface area contributed by atoms with Crippen LogP contribution in [0.2, 0.25) is 10.3 Å². The number of hydrogen-bond donors (Lipinski definition) is 0. The lowest BCUT2D eigenvalue weighted by atomic mass is 10.2. The molecule has 2 rings (SSSR count). The Balaban J connectivity index is 2.53. The predicted octanol–water partition coefficient (Wildman–Crippen LogP) is 2.36. The third-order valence-corrected chi connectivity index (χ3v) is 2.80. The second-order valence-electron chi connectivity index (χ2n) is 3.08. The number of rotatable bonds is 1. The molecule has 0 saturated carbocycles. The zero-order valence-electron chi connectivity index (χ0n) is 7.55. The van der Waals surface area contributed by atoms with Gasteiger partial charge in [0.15, 0.2) is 0 Å². The van der Waals surface area contributed by atoms with Crippen molar-refractivity contribution in [2.75, 3.05) is 6.54 Å². The van der Waals surface area contributed by atoms with Gasteiger partial charge in [0.25, 0.3) is 5.91 Å². The number of carbonyl (C=O) groups excluding carboxylic acids is 1. The van der Waals surface area contributed by atoms with Crippen molar-refractivity contribution >= 4 is 29.1 Å². The lowest BCUT2D eigenvalue weighted by molar-refractivity contribution is 0.0787. The second kappa shape index (κ2) is 3.41. The summed E-state index contributed by atoms with van der Waals surface area (Å²) >= 11 is 11.6. The molecule has 0 fully saturated rings. The molecule has 0 atom stereocenters. The maximum Gasteiger partial charge on any atom is 0.254 e. The number of halogens is 2. The summed E-state index contributed by atoms with van der Waals surface area (Å²) in [5, 5.41) is 0.594. The molecule has 0 bridgehead atoms. The van der Waals surface area contributed by atoms with Gasteiger partial charge in [-0.1, -0.05) is 23.2 Å². The Bertz CT molecular complexity index is 406. The molecular formula is C9H8Cl2N2O. The minimum atomic E-state index is -0.0197. The van der Waals surface area contributed by atoms with Gasteiger partial charge < -0.3 is 4.90 Å². The second-order valence-corrected chi connectivity index (χ2v) is 3.83. The van der Waals surface area contributed by atoms with Gasteiger partial charge in [-0.25, -0.2) is 4.98 Å². The normalized spacial score (nSPS) is 14.8. The number of carbonyl (C=O) groups is 1. The monoisotopic (exact) mass is 230 g/mol. The number of aromatic nitrogens is 1. The molecule has 0 N–H and O–H groups in total. The van der Waals surface area contributed by atoms with Crippen molar-refractivity contribution in [1.29, 1.82) is 0 Å². The Morgan fingerprint density at radius 3 is 2.93 bits per heavy atom. The predicted molar refractivity (Wildman–Crippen MR) is 54.7 cm³/mol. The first-order valence-electron chi connectivity index (χ1n) is 4.27. The van der Waals surface area contributed by atoms with Crippen LogP contribution in [0.3, 0.4) is 0 Å². The summed E-state index contributed by atoms with van der Waals surface area (Å²) in [4.78, 5) is 17.3. The summed E-state index contributed by atoms with van der Waals surface area (Å²) in [7, 11) is 0. The molecule has 0 saturated heterocycles. The Kier molecular flexibility index (Phi) is 2.37. The topological polar surface area (TPSA) is 33.2 Å². The summed E-state index contributed by atoms with van der Waals surface area (Å²) in [6, 6.07) is 1.57. The molecule has 1 amide bonds. The molecule has 0 unspecified atom stereocenters. The first-order valence-corrected chi connectivity index (χ1v) is 5.03. The molecule has 0 aromatic carbocycles. The number of hydrogen-bond acceptors (Lipinski definition) is 2. The Morgan fingerprint density at radius 2 is 2.29 bits per heavy atom. The van der Waals surface area contributed by atoms with Gasteiger partial charge in [0.05, 0.1) is 5.56 Å². The molecule has 74 valence electrons. The van der Waals surface area contributed by atoms with Gasteiger partial charge in [0.2, 0.25) is 0 Å². The van der Waals surface area contributed by atoms with Crippen molar-refractivity contribution in [1.82, 2.24) is 9.88 Å². The largest absolute Gasteiger partial charge is 0.334 e. The van der Waals surface area contributed by atoms with E-state index in [1.807, 2.05) is 6.92 Å². The maximum absolute atomic E-state index is 11.7. The number of amides is 1. The summed E-state index contributed by atoms with van der Waals surface area (Å²) < 4.78 is 0. The highest BCUT2D eigenvalue weighted by atomic mass is 35.5. The van der Waals surface area contributed by atoms with E-state index < -0.39 is 0 Å². The van der Waals surface area contributed by atoms with Crippen molar-refractivity contribution in [2.45, 2.75) is 13.5 Å². The minimum absolute atomic E-state index is 0.0197. The van der Waals surface area contributed by atoms with Crippen LogP contribution in [0.1, 0.15) is 22.8 Å². The Hall–Kier alpha value is -0.800. The highest BCUT2D eigenvalue weighted by Crippen LogP contribution is 2.29. The lowest BCUT2D eigenvalue weighted by Gasteiger charge is -2.10. The van der Waals surface area contributed by atoms with Crippen LogP contribution in [-0.2, 0) is 6.54 Å². The van der Waals surface area contributed by atoms with Gasteiger partial charge in [0, 0.05) is 18.7 Å². The van der Waals surface area contributed by atoms with Gasteiger partial charge >= 0.3 is 0 Å². The molecule has 1 aliphatic rings. The van der Waals surface area contributed by atoms with Crippen LogP contribution in [0.15, 0.2) is 6.07 Å². The van der Waals surface area contributed by atoms with Gasteiger partial charge in [0.1, 0.15) is 10.3 Å². The maximum atomic E-state index is 11.7. The molecule has 1 aliphatic heterocycles. The molecular weight excluding hydrogens is 223 g/mol. The fourth-order valence-corrected chi connectivity index (χ4v) is 2.03. The van der Waals surface area contributed by atoms with E-state index in [0.29, 0.717) is 23.8 Å². The molecule has 0 spiro atoms. The van der Waals surface area contributed by atoms with Crippen molar-refractivity contribution < 1.29 is 4.79 Å². The molecule has 3 nitrogen and oxygen atoms in total. The Labute approximate surface area is 91.6 Å². The summed E-state index contributed by atoms with van der Waals surface area (Å²) in [5.41, 5.74) is 1.36. The number of fused-ring (bicyclic) bond motifs is 1. The molecule has 1 aromatic heterocycles. The van der Waals surface area contributed by atoms with Crippen molar-refractivity contribution in [2.24, 2.45) is 0 Å². The SMILES string of the molecule is CCN1Cc2c(cc(Cl)nc2Cl)C1=O. The van der Waals surface area contributed by atoms with Gasteiger partial charge in [-0.15, -0.1) is 0 Å². The van der Waals surface area contributed by atoms with Crippen LogP contribution >= 0.6 is 23.2 Å². The average molecular weight is 231 g/mol. The highest BCUT2D eigenvalue weighted by molar-refractivity contribution is 6.33. The summed E-state index contributed by atoms with van der Waals surface area (Å²) in [5.74, 6) is -0.0197. The van der Waals surface area contributed by atoms with E-state index in [2.05, 4.69) is 4.98 Å². The van der Waals surface area contributed by atoms with Crippen LogP contribution < -0.4 is 0 Å². The lowest BCUT2D eigenvalue weighted by Crippen LogP contribution is -2.22. The number of nitrogens with zero attached hydrogens (tertiary/aromatic N) is 2. The van der Waals surface area contributed by atoms with Gasteiger partial charge in [-0.3, -0.25) is 4.79 Å². The first-order chi connectivity index (χ1) is 6.63. The van der Waals surface area contributed by atoms with Crippen LogP contribution in [0.5, 0.6) is 0 Å². The molecule has 0 radical (unpaired) electrons. The molecule has 0 aliphatic carbocycles. The van der Waals surface area contributed by atoms with E-state index in [1.54, 1.807) is 11.0 Å². The zero-order valence-corrected chi connectivity index (χ0v) is 9.06. The quantitative estimate of drug-likeness (QED) is 0.695. The van der Waals surface area contributed by atoms with E-state index in [4.69, 9.17) is 23.2 Å². The first kappa shape index (κ1) is 9.74. The molecule has 1 aromatic rings. The summed E-state index contributed by atoms with van der Waals surface area (Å²) in [6.07, 6.45) is 0.